The third kappa shape index (κ3) is 15.3. The number of unbranched alkanes of at least 4 members (excludes halogenated alkanes) is 17. The van der Waals surface area contributed by atoms with Gasteiger partial charge in [0.05, 0.1) is 12.5 Å². The van der Waals surface area contributed by atoms with Gasteiger partial charge in [0.2, 0.25) is 0 Å². The molecule has 25 heavy (non-hydrogen) atoms. The van der Waals surface area contributed by atoms with Gasteiger partial charge in [0, 0.05) is 0 Å². The molecule has 1 nitrogen and oxygen atoms in total. The minimum absolute atomic E-state index is 1.19. The Morgan fingerprint density at radius 1 is 0.560 bits per heavy atom. The molecule has 1 heterocycles. The Bertz CT molecular complexity index is 341. The predicted molar refractivity (Wildman–Crippen MR) is 111 cm³/mol. The first kappa shape index (κ1) is 22.3. The van der Waals surface area contributed by atoms with Gasteiger partial charge in [-0.2, -0.15) is 0 Å². The van der Waals surface area contributed by atoms with Crippen molar-refractivity contribution in [3.05, 3.63) is 24.2 Å². The minimum Gasteiger partial charge on any atom is -0.472 e. The zero-order valence-corrected chi connectivity index (χ0v) is 17.1. The number of furan rings is 1. The lowest BCUT2D eigenvalue weighted by molar-refractivity contribution is 0.524. The van der Waals surface area contributed by atoms with Crippen LogP contribution in [0.5, 0.6) is 0 Å². The molecule has 0 saturated heterocycles. The van der Waals surface area contributed by atoms with E-state index in [1.165, 1.54) is 128 Å². The molecule has 0 radical (unpaired) electrons. The van der Waals surface area contributed by atoms with E-state index in [1.54, 1.807) is 6.26 Å². The highest BCUT2D eigenvalue weighted by Gasteiger charge is 1.96. The summed E-state index contributed by atoms with van der Waals surface area (Å²) in [5.74, 6) is 0. The first-order valence-corrected chi connectivity index (χ1v) is 11.4. The molecule has 0 aliphatic carbocycles. The minimum atomic E-state index is 1.19. The lowest BCUT2D eigenvalue weighted by Gasteiger charge is -2.03. The number of rotatable bonds is 19. The molecule has 0 N–H and O–H groups in total. The van der Waals surface area contributed by atoms with Crippen molar-refractivity contribution in [1.82, 2.24) is 0 Å². The van der Waals surface area contributed by atoms with E-state index in [-0.39, 0.29) is 0 Å². The quantitative estimate of drug-likeness (QED) is 0.227. The Kier molecular flexibility index (Phi) is 16.1. The van der Waals surface area contributed by atoms with Crippen LogP contribution in [-0.2, 0) is 6.42 Å². The molecule has 0 amide bonds. The number of aryl methyl sites for hydroxylation is 1. The molecular weight excluding hydrogens is 304 g/mol. The van der Waals surface area contributed by atoms with Gasteiger partial charge in [-0.1, -0.05) is 116 Å². The lowest BCUT2D eigenvalue weighted by atomic mass is 10.0. The molecule has 0 aliphatic heterocycles. The van der Waals surface area contributed by atoms with Crippen molar-refractivity contribution in [1.29, 1.82) is 0 Å². The average Bonchev–Trinajstić information content (AvgIpc) is 3.14. The summed E-state index contributed by atoms with van der Waals surface area (Å²) in [5, 5.41) is 0. The molecular formula is C24H44O. The van der Waals surface area contributed by atoms with E-state index in [2.05, 4.69) is 13.0 Å². The number of hydrogen-bond acceptors (Lipinski definition) is 1. The second-order valence-electron chi connectivity index (χ2n) is 7.89. The standard InChI is InChI=1S/C24H44O/c1-2-3-4-5-6-7-8-9-10-11-12-13-14-15-16-17-18-19-20-24-21-22-25-23-24/h21-23H,2-20H2,1H3. The summed E-state index contributed by atoms with van der Waals surface area (Å²) in [5.41, 5.74) is 1.36. The maximum absolute atomic E-state index is 5.10. The molecule has 1 aromatic heterocycles. The van der Waals surface area contributed by atoms with Gasteiger partial charge in [0.15, 0.2) is 0 Å². The third-order valence-electron chi connectivity index (χ3n) is 5.40. The van der Waals surface area contributed by atoms with E-state index in [4.69, 9.17) is 4.42 Å². The maximum atomic E-state index is 5.10. The fraction of sp³-hybridized carbons (Fsp3) is 0.833. The van der Waals surface area contributed by atoms with Gasteiger partial charge in [-0.15, -0.1) is 0 Å². The van der Waals surface area contributed by atoms with Crippen LogP contribution in [0.4, 0.5) is 0 Å². The maximum Gasteiger partial charge on any atom is 0.0934 e. The number of hydrogen-bond donors (Lipinski definition) is 0. The Morgan fingerprint density at radius 2 is 0.960 bits per heavy atom. The van der Waals surface area contributed by atoms with Gasteiger partial charge < -0.3 is 4.42 Å². The van der Waals surface area contributed by atoms with Crippen LogP contribution in [0, 0.1) is 0 Å². The van der Waals surface area contributed by atoms with E-state index in [9.17, 15) is 0 Å². The molecule has 0 fully saturated rings. The zero-order valence-electron chi connectivity index (χ0n) is 17.1. The summed E-state index contributed by atoms with van der Waals surface area (Å²) in [6.07, 6.45) is 30.8. The molecule has 0 unspecified atom stereocenters. The average molecular weight is 349 g/mol. The summed E-state index contributed by atoms with van der Waals surface area (Å²) in [7, 11) is 0. The Morgan fingerprint density at radius 3 is 1.32 bits per heavy atom. The summed E-state index contributed by atoms with van der Waals surface area (Å²) >= 11 is 0. The Hall–Kier alpha value is -0.720. The normalized spacial score (nSPS) is 11.2. The van der Waals surface area contributed by atoms with E-state index < -0.39 is 0 Å². The highest BCUT2D eigenvalue weighted by molar-refractivity contribution is 5.04. The topological polar surface area (TPSA) is 13.1 Å². The third-order valence-corrected chi connectivity index (χ3v) is 5.40. The highest BCUT2D eigenvalue weighted by atomic mass is 16.3. The second-order valence-corrected chi connectivity index (χ2v) is 7.89. The van der Waals surface area contributed by atoms with Gasteiger partial charge >= 0.3 is 0 Å². The first-order valence-electron chi connectivity index (χ1n) is 11.4. The van der Waals surface area contributed by atoms with Gasteiger partial charge in [-0.25, -0.2) is 0 Å². The molecule has 0 bridgehead atoms. The molecule has 0 aliphatic rings. The van der Waals surface area contributed by atoms with Crippen molar-refractivity contribution < 1.29 is 4.42 Å². The van der Waals surface area contributed by atoms with E-state index >= 15 is 0 Å². The van der Waals surface area contributed by atoms with Crippen molar-refractivity contribution in [2.75, 3.05) is 0 Å². The predicted octanol–water partition coefficient (Wildman–Crippen LogP) is 8.86. The Labute approximate surface area is 158 Å². The van der Waals surface area contributed by atoms with Crippen LogP contribution in [-0.4, -0.2) is 0 Å². The molecule has 0 saturated carbocycles. The molecule has 0 aromatic carbocycles. The molecule has 146 valence electrons. The monoisotopic (exact) mass is 348 g/mol. The lowest BCUT2D eigenvalue weighted by Crippen LogP contribution is -1.85. The highest BCUT2D eigenvalue weighted by Crippen LogP contribution is 2.15. The van der Waals surface area contributed by atoms with Crippen molar-refractivity contribution in [2.45, 2.75) is 129 Å². The summed E-state index contributed by atoms with van der Waals surface area (Å²) in [6, 6.07) is 2.09. The smallest absolute Gasteiger partial charge is 0.0934 e. The van der Waals surface area contributed by atoms with Gasteiger partial charge in [-0.05, 0) is 24.5 Å². The second kappa shape index (κ2) is 18.1. The van der Waals surface area contributed by atoms with Crippen molar-refractivity contribution >= 4 is 0 Å². The van der Waals surface area contributed by atoms with Gasteiger partial charge in [0.25, 0.3) is 0 Å². The zero-order chi connectivity index (χ0) is 17.8. The molecule has 1 aromatic rings. The molecule has 0 atom stereocenters. The van der Waals surface area contributed by atoms with Gasteiger partial charge in [0.1, 0.15) is 0 Å². The van der Waals surface area contributed by atoms with Crippen LogP contribution in [0.25, 0.3) is 0 Å². The van der Waals surface area contributed by atoms with Crippen molar-refractivity contribution in [2.24, 2.45) is 0 Å². The van der Waals surface area contributed by atoms with E-state index in [1.807, 2.05) is 6.26 Å². The fourth-order valence-corrected chi connectivity index (χ4v) is 3.67. The molecule has 1 rings (SSSR count). The first-order chi connectivity index (χ1) is 12.4. The summed E-state index contributed by atoms with van der Waals surface area (Å²) < 4.78 is 5.10. The largest absolute Gasteiger partial charge is 0.472 e. The van der Waals surface area contributed by atoms with Crippen molar-refractivity contribution in [3.63, 3.8) is 0 Å². The summed E-state index contributed by atoms with van der Waals surface area (Å²) in [6.45, 7) is 2.30. The molecule has 0 spiro atoms. The van der Waals surface area contributed by atoms with Crippen molar-refractivity contribution in [3.8, 4) is 0 Å². The Balaban J connectivity index is 1.65. The van der Waals surface area contributed by atoms with Crippen LogP contribution in [0.15, 0.2) is 23.0 Å². The SMILES string of the molecule is CCCCCCCCCCCCCCCCCCCCc1ccoc1. The van der Waals surface area contributed by atoms with Crippen LogP contribution in [0.3, 0.4) is 0 Å². The van der Waals surface area contributed by atoms with E-state index in [0.717, 1.165) is 0 Å². The van der Waals surface area contributed by atoms with Gasteiger partial charge in [-0.3, -0.25) is 0 Å². The van der Waals surface area contributed by atoms with Crippen LogP contribution in [0.2, 0.25) is 0 Å². The van der Waals surface area contributed by atoms with Crippen LogP contribution >= 0.6 is 0 Å². The molecule has 1 heteroatoms. The summed E-state index contributed by atoms with van der Waals surface area (Å²) in [4.78, 5) is 0. The van der Waals surface area contributed by atoms with Crippen LogP contribution < -0.4 is 0 Å². The fourth-order valence-electron chi connectivity index (χ4n) is 3.67. The van der Waals surface area contributed by atoms with E-state index in [0.29, 0.717) is 0 Å². The van der Waals surface area contributed by atoms with Crippen LogP contribution in [0.1, 0.15) is 128 Å².